The Bertz CT molecular complexity index is 977. The summed E-state index contributed by atoms with van der Waals surface area (Å²) in [7, 11) is 1.66. The maximum Gasteiger partial charge on any atom is 0.157 e. The van der Waals surface area contributed by atoms with Gasteiger partial charge in [0.1, 0.15) is 11.4 Å². The predicted molar refractivity (Wildman–Crippen MR) is 102 cm³/mol. The van der Waals surface area contributed by atoms with Gasteiger partial charge >= 0.3 is 0 Å². The molecule has 1 aromatic heterocycles. The van der Waals surface area contributed by atoms with Gasteiger partial charge in [-0.3, -0.25) is 4.90 Å². The van der Waals surface area contributed by atoms with E-state index < -0.39 is 0 Å². The van der Waals surface area contributed by atoms with Crippen LogP contribution in [0.1, 0.15) is 28.6 Å². The second kappa shape index (κ2) is 8.21. The smallest absolute Gasteiger partial charge is 0.157 e. The summed E-state index contributed by atoms with van der Waals surface area (Å²) in [5.41, 5.74) is 3.54. The van der Waals surface area contributed by atoms with Crippen LogP contribution in [-0.2, 0) is 17.8 Å². The minimum Gasteiger partial charge on any atom is -0.497 e. The number of methoxy groups -OCH3 is 1. The third-order valence-corrected chi connectivity index (χ3v) is 4.81. The molecule has 2 aromatic carbocycles. The SMILES string of the molecule is COc1ccc(CN2CCO[C@H]2c2cn(Cc3ccccc3C#N)nn2)cc1. The number of nitrogens with zero attached hydrogens (tertiary/aromatic N) is 5. The van der Waals surface area contributed by atoms with E-state index in [-0.39, 0.29) is 6.23 Å². The quantitative estimate of drug-likeness (QED) is 0.659. The molecule has 142 valence electrons. The molecule has 0 saturated carbocycles. The fourth-order valence-electron chi connectivity index (χ4n) is 3.35. The summed E-state index contributed by atoms with van der Waals surface area (Å²) in [6.07, 6.45) is 1.67. The zero-order chi connectivity index (χ0) is 19.3. The van der Waals surface area contributed by atoms with Crippen molar-refractivity contribution in [3.8, 4) is 11.8 Å². The molecule has 0 aliphatic carbocycles. The Kier molecular flexibility index (Phi) is 5.33. The van der Waals surface area contributed by atoms with Gasteiger partial charge in [-0.25, -0.2) is 4.68 Å². The van der Waals surface area contributed by atoms with Gasteiger partial charge in [-0.15, -0.1) is 5.10 Å². The van der Waals surface area contributed by atoms with Crippen molar-refractivity contribution in [3.05, 3.63) is 77.1 Å². The predicted octanol–water partition coefficient (Wildman–Crippen LogP) is 2.74. The molecule has 28 heavy (non-hydrogen) atoms. The summed E-state index contributed by atoms with van der Waals surface area (Å²) < 4.78 is 12.9. The molecule has 0 spiro atoms. The van der Waals surface area contributed by atoms with Gasteiger partial charge in [-0.1, -0.05) is 35.5 Å². The molecule has 0 N–H and O–H groups in total. The first-order valence-electron chi connectivity index (χ1n) is 9.13. The minimum absolute atomic E-state index is 0.220. The molecule has 4 rings (SSSR count). The van der Waals surface area contributed by atoms with Gasteiger partial charge in [-0.05, 0) is 29.3 Å². The number of aromatic nitrogens is 3. The molecule has 0 bridgehead atoms. The Labute approximate surface area is 163 Å². The summed E-state index contributed by atoms with van der Waals surface area (Å²) in [5.74, 6) is 0.846. The molecule has 1 saturated heterocycles. The third kappa shape index (κ3) is 3.88. The van der Waals surface area contributed by atoms with E-state index in [0.717, 1.165) is 30.1 Å². The topological polar surface area (TPSA) is 76.2 Å². The summed E-state index contributed by atoms with van der Waals surface area (Å²) in [6, 6.07) is 17.8. The molecular formula is C21H21N5O2. The molecule has 1 aliphatic rings. The maximum absolute atomic E-state index is 9.25. The molecule has 0 radical (unpaired) electrons. The van der Waals surface area contributed by atoms with Crippen LogP contribution in [0.2, 0.25) is 0 Å². The van der Waals surface area contributed by atoms with Crippen molar-refractivity contribution in [2.45, 2.75) is 19.3 Å². The molecule has 7 heteroatoms. The van der Waals surface area contributed by atoms with Gasteiger partial charge in [0.15, 0.2) is 6.23 Å². The lowest BCUT2D eigenvalue weighted by atomic mass is 10.1. The van der Waals surface area contributed by atoms with Crippen LogP contribution in [0, 0.1) is 11.3 Å². The van der Waals surface area contributed by atoms with Crippen molar-refractivity contribution < 1.29 is 9.47 Å². The highest BCUT2D eigenvalue weighted by Gasteiger charge is 2.29. The number of nitriles is 1. The monoisotopic (exact) mass is 375 g/mol. The van der Waals surface area contributed by atoms with Crippen LogP contribution < -0.4 is 4.74 Å². The van der Waals surface area contributed by atoms with Gasteiger partial charge in [0.2, 0.25) is 0 Å². The normalized spacial score (nSPS) is 16.8. The van der Waals surface area contributed by atoms with Crippen molar-refractivity contribution in [1.29, 1.82) is 5.26 Å². The first kappa shape index (κ1) is 18.2. The lowest BCUT2D eigenvalue weighted by Gasteiger charge is -2.21. The first-order chi connectivity index (χ1) is 13.8. The van der Waals surface area contributed by atoms with Crippen molar-refractivity contribution in [2.75, 3.05) is 20.3 Å². The van der Waals surface area contributed by atoms with E-state index >= 15 is 0 Å². The average Bonchev–Trinajstić information content (AvgIpc) is 3.38. The number of hydrogen-bond acceptors (Lipinski definition) is 6. The molecule has 2 heterocycles. The molecule has 7 nitrogen and oxygen atoms in total. The zero-order valence-electron chi connectivity index (χ0n) is 15.7. The van der Waals surface area contributed by atoms with Crippen LogP contribution in [0.3, 0.4) is 0 Å². The number of benzene rings is 2. The average molecular weight is 375 g/mol. The lowest BCUT2D eigenvalue weighted by molar-refractivity contribution is 0.0252. The molecule has 3 aromatic rings. The van der Waals surface area contributed by atoms with Crippen LogP contribution in [0.4, 0.5) is 0 Å². The van der Waals surface area contributed by atoms with E-state index in [4.69, 9.17) is 9.47 Å². The molecule has 0 unspecified atom stereocenters. The third-order valence-electron chi connectivity index (χ3n) is 4.81. The van der Waals surface area contributed by atoms with E-state index in [9.17, 15) is 5.26 Å². The molecule has 1 atom stereocenters. The molecule has 0 amide bonds. The Hall–Kier alpha value is -3.21. The lowest BCUT2D eigenvalue weighted by Crippen LogP contribution is -2.23. The number of ether oxygens (including phenoxy) is 2. The Morgan fingerprint density at radius 3 is 2.79 bits per heavy atom. The summed E-state index contributed by atoms with van der Waals surface area (Å²) >= 11 is 0. The first-order valence-corrected chi connectivity index (χ1v) is 9.13. The fraction of sp³-hybridized carbons (Fsp3) is 0.286. The second-order valence-electron chi connectivity index (χ2n) is 6.65. The summed E-state index contributed by atoms with van der Waals surface area (Å²) in [5, 5.41) is 17.8. The van der Waals surface area contributed by atoms with Gasteiger partial charge in [0, 0.05) is 13.1 Å². The highest BCUT2D eigenvalue weighted by Crippen LogP contribution is 2.27. The van der Waals surface area contributed by atoms with Crippen LogP contribution in [0.5, 0.6) is 5.75 Å². The highest BCUT2D eigenvalue weighted by molar-refractivity contribution is 5.37. The van der Waals surface area contributed by atoms with Crippen LogP contribution in [0.15, 0.2) is 54.7 Å². The van der Waals surface area contributed by atoms with Crippen LogP contribution >= 0.6 is 0 Å². The molecule has 1 aliphatic heterocycles. The maximum atomic E-state index is 9.25. The summed E-state index contributed by atoms with van der Waals surface area (Å²) in [6.45, 7) is 2.76. The van der Waals surface area contributed by atoms with Gasteiger partial charge in [0.05, 0.1) is 38.1 Å². The van der Waals surface area contributed by atoms with E-state index in [0.29, 0.717) is 18.7 Å². The van der Waals surface area contributed by atoms with E-state index in [2.05, 4.69) is 33.4 Å². The van der Waals surface area contributed by atoms with Crippen molar-refractivity contribution in [3.63, 3.8) is 0 Å². The van der Waals surface area contributed by atoms with E-state index in [1.807, 2.05) is 42.6 Å². The second-order valence-corrected chi connectivity index (χ2v) is 6.65. The minimum atomic E-state index is -0.220. The Morgan fingerprint density at radius 1 is 1.18 bits per heavy atom. The standard InChI is InChI=1S/C21H21N5O2/c1-27-19-8-6-16(7-9-19)13-25-10-11-28-21(25)20-15-26(24-23-20)14-18-5-3-2-4-17(18)12-22/h2-9,15,21H,10-11,13-14H2,1H3/t21-/m0/s1. The van der Waals surface area contributed by atoms with Crippen LogP contribution in [-0.4, -0.2) is 40.2 Å². The number of hydrogen-bond donors (Lipinski definition) is 0. The van der Waals surface area contributed by atoms with Crippen LogP contribution in [0.25, 0.3) is 0 Å². The van der Waals surface area contributed by atoms with Gasteiger partial charge < -0.3 is 9.47 Å². The van der Waals surface area contributed by atoms with Crippen molar-refractivity contribution in [1.82, 2.24) is 19.9 Å². The molecular weight excluding hydrogens is 354 g/mol. The van der Waals surface area contributed by atoms with E-state index in [1.54, 1.807) is 11.8 Å². The van der Waals surface area contributed by atoms with Gasteiger partial charge in [-0.2, -0.15) is 5.26 Å². The Morgan fingerprint density at radius 2 is 2.00 bits per heavy atom. The molecule has 1 fully saturated rings. The largest absolute Gasteiger partial charge is 0.497 e. The van der Waals surface area contributed by atoms with Gasteiger partial charge in [0.25, 0.3) is 0 Å². The zero-order valence-corrected chi connectivity index (χ0v) is 15.7. The Balaban J connectivity index is 1.47. The fourth-order valence-corrected chi connectivity index (χ4v) is 3.35. The highest BCUT2D eigenvalue weighted by atomic mass is 16.5. The van der Waals surface area contributed by atoms with Crippen molar-refractivity contribution in [2.24, 2.45) is 0 Å². The van der Waals surface area contributed by atoms with Crippen molar-refractivity contribution >= 4 is 0 Å². The summed E-state index contributed by atoms with van der Waals surface area (Å²) in [4.78, 5) is 2.24. The number of rotatable bonds is 6. The van der Waals surface area contributed by atoms with E-state index in [1.165, 1.54) is 5.56 Å².